The zero-order chi connectivity index (χ0) is 17.1. The number of hydrogen-bond acceptors (Lipinski definition) is 6. The lowest BCUT2D eigenvalue weighted by molar-refractivity contribution is -0.115. The third-order valence-electron chi connectivity index (χ3n) is 3.50. The van der Waals surface area contributed by atoms with Gasteiger partial charge in [-0.2, -0.15) is 0 Å². The van der Waals surface area contributed by atoms with E-state index in [0.29, 0.717) is 11.4 Å². The molecule has 0 saturated carbocycles. The van der Waals surface area contributed by atoms with Gasteiger partial charge in [0.25, 0.3) is 0 Å². The number of ether oxygens (including phenoxy) is 1. The molecule has 2 aromatic heterocycles. The van der Waals surface area contributed by atoms with Crippen molar-refractivity contribution in [2.45, 2.75) is 24.1 Å². The third-order valence-corrected chi connectivity index (χ3v) is 5.43. The van der Waals surface area contributed by atoms with Crippen LogP contribution in [0.25, 0.3) is 10.2 Å². The first-order chi connectivity index (χ1) is 11.6. The summed E-state index contributed by atoms with van der Waals surface area (Å²) in [5.74, 6) is 0.555. The van der Waals surface area contributed by atoms with Crippen LogP contribution in [-0.2, 0) is 4.79 Å². The van der Waals surface area contributed by atoms with E-state index in [1.54, 1.807) is 18.4 Å². The molecule has 5 nitrogen and oxygen atoms in total. The van der Waals surface area contributed by atoms with E-state index in [4.69, 9.17) is 4.74 Å². The lowest BCUT2D eigenvalue weighted by Gasteiger charge is -2.14. The van der Waals surface area contributed by atoms with Crippen LogP contribution in [0.5, 0.6) is 5.75 Å². The molecular formula is C17H17N3O2S2. The lowest BCUT2D eigenvalue weighted by atomic mass is 10.2. The maximum Gasteiger partial charge on any atom is 0.237 e. The molecule has 0 aliphatic carbocycles. The molecule has 7 heteroatoms. The summed E-state index contributed by atoms with van der Waals surface area (Å²) in [5.41, 5.74) is 1.74. The van der Waals surface area contributed by atoms with Crippen LogP contribution in [0.15, 0.2) is 41.0 Å². The number of amides is 1. The van der Waals surface area contributed by atoms with E-state index < -0.39 is 0 Å². The van der Waals surface area contributed by atoms with Gasteiger partial charge in [-0.3, -0.25) is 4.79 Å². The summed E-state index contributed by atoms with van der Waals surface area (Å²) in [4.78, 5) is 22.0. The van der Waals surface area contributed by atoms with Crippen molar-refractivity contribution in [1.29, 1.82) is 0 Å². The van der Waals surface area contributed by atoms with Crippen molar-refractivity contribution in [3.8, 4) is 5.75 Å². The molecule has 0 unspecified atom stereocenters. The van der Waals surface area contributed by atoms with Crippen molar-refractivity contribution in [1.82, 2.24) is 9.97 Å². The van der Waals surface area contributed by atoms with Gasteiger partial charge in [-0.05, 0) is 43.0 Å². The number of thioether (sulfide) groups is 1. The number of rotatable bonds is 5. The van der Waals surface area contributed by atoms with Crippen LogP contribution in [0, 0.1) is 6.92 Å². The number of methoxy groups -OCH3 is 1. The minimum Gasteiger partial charge on any atom is -0.495 e. The predicted molar refractivity (Wildman–Crippen MR) is 99.1 cm³/mol. The first-order valence-electron chi connectivity index (χ1n) is 7.39. The predicted octanol–water partition coefficient (Wildman–Crippen LogP) is 4.13. The van der Waals surface area contributed by atoms with Crippen LogP contribution in [0.3, 0.4) is 0 Å². The molecule has 3 aromatic rings. The van der Waals surface area contributed by atoms with Gasteiger partial charge in [0.1, 0.15) is 21.9 Å². The highest BCUT2D eigenvalue weighted by atomic mass is 32.2. The molecule has 1 N–H and O–H groups in total. The Hall–Kier alpha value is -2.12. The van der Waals surface area contributed by atoms with E-state index in [9.17, 15) is 4.79 Å². The maximum atomic E-state index is 12.5. The molecule has 1 amide bonds. The molecule has 0 fully saturated rings. The van der Waals surface area contributed by atoms with Crippen molar-refractivity contribution in [2.75, 3.05) is 12.4 Å². The number of anilines is 1. The van der Waals surface area contributed by atoms with Crippen LogP contribution >= 0.6 is 23.1 Å². The summed E-state index contributed by atoms with van der Waals surface area (Å²) in [6.45, 7) is 3.84. The second-order valence-corrected chi connectivity index (χ2v) is 7.50. The smallest absolute Gasteiger partial charge is 0.237 e. The Labute approximate surface area is 148 Å². The Morgan fingerprint density at radius 2 is 2.17 bits per heavy atom. The molecule has 0 aliphatic rings. The molecule has 0 spiro atoms. The number of benzene rings is 1. The molecule has 1 aromatic carbocycles. The number of aryl methyl sites for hydroxylation is 1. The normalized spacial score (nSPS) is 12.1. The van der Waals surface area contributed by atoms with Crippen molar-refractivity contribution in [2.24, 2.45) is 0 Å². The maximum absolute atomic E-state index is 12.5. The average Bonchev–Trinajstić information content (AvgIpc) is 3.04. The highest BCUT2D eigenvalue weighted by molar-refractivity contribution is 8.00. The van der Waals surface area contributed by atoms with Gasteiger partial charge < -0.3 is 10.1 Å². The van der Waals surface area contributed by atoms with E-state index in [1.807, 2.05) is 43.5 Å². The number of carbonyl (C=O) groups excluding carboxylic acids is 1. The van der Waals surface area contributed by atoms with Gasteiger partial charge in [0, 0.05) is 5.39 Å². The highest BCUT2D eigenvalue weighted by Gasteiger charge is 2.18. The van der Waals surface area contributed by atoms with Gasteiger partial charge in [-0.25, -0.2) is 9.97 Å². The van der Waals surface area contributed by atoms with Gasteiger partial charge in [-0.15, -0.1) is 11.3 Å². The average molecular weight is 359 g/mol. The fraction of sp³-hybridized carbons (Fsp3) is 0.235. The molecule has 1 atom stereocenters. The summed E-state index contributed by atoms with van der Waals surface area (Å²) in [6.07, 6.45) is 1.54. The summed E-state index contributed by atoms with van der Waals surface area (Å²) in [6, 6.07) is 7.68. The van der Waals surface area contributed by atoms with Crippen LogP contribution in [0.2, 0.25) is 0 Å². The molecule has 24 heavy (non-hydrogen) atoms. The summed E-state index contributed by atoms with van der Waals surface area (Å²) in [7, 11) is 1.59. The molecule has 2 heterocycles. The quantitative estimate of drug-likeness (QED) is 0.548. The Morgan fingerprint density at radius 1 is 1.33 bits per heavy atom. The third kappa shape index (κ3) is 3.52. The van der Waals surface area contributed by atoms with E-state index in [2.05, 4.69) is 15.3 Å². The minimum absolute atomic E-state index is 0.0918. The first kappa shape index (κ1) is 16.7. The van der Waals surface area contributed by atoms with Crippen molar-refractivity contribution >= 4 is 44.9 Å². The van der Waals surface area contributed by atoms with E-state index in [-0.39, 0.29) is 11.2 Å². The van der Waals surface area contributed by atoms with Crippen LogP contribution in [0.1, 0.15) is 12.5 Å². The number of fused-ring (bicyclic) bond motifs is 1. The summed E-state index contributed by atoms with van der Waals surface area (Å²) >= 11 is 2.99. The van der Waals surface area contributed by atoms with Gasteiger partial charge in [-0.1, -0.05) is 17.8 Å². The Morgan fingerprint density at radius 3 is 2.96 bits per heavy atom. The SMILES string of the molecule is COc1ccc(C)cc1NC(=O)[C@H](C)Sc1ncnc2sccc12. The van der Waals surface area contributed by atoms with Gasteiger partial charge in [0.15, 0.2) is 0 Å². The number of nitrogens with zero attached hydrogens (tertiary/aromatic N) is 2. The topological polar surface area (TPSA) is 64.1 Å². The van der Waals surface area contributed by atoms with Crippen molar-refractivity contribution < 1.29 is 9.53 Å². The molecule has 0 saturated heterocycles. The fourth-order valence-electron chi connectivity index (χ4n) is 2.24. The van der Waals surface area contributed by atoms with E-state index >= 15 is 0 Å². The standard InChI is InChI=1S/C17H17N3O2S2/c1-10-4-5-14(22-3)13(8-10)20-15(21)11(2)24-17-12-6-7-23-16(12)18-9-19-17/h4-9,11H,1-3H3,(H,20,21)/t11-/m0/s1. The van der Waals surface area contributed by atoms with Crippen LogP contribution in [-0.4, -0.2) is 28.2 Å². The zero-order valence-electron chi connectivity index (χ0n) is 13.6. The number of aromatic nitrogens is 2. The van der Waals surface area contributed by atoms with Crippen LogP contribution in [0.4, 0.5) is 5.69 Å². The number of thiophene rings is 1. The van der Waals surface area contributed by atoms with E-state index in [1.165, 1.54) is 18.1 Å². The molecule has 124 valence electrons. The molecular weight excluding hydrogens is 342 g/mol. The Balaban J connectivity index is 1.76. The summed E-state index contributed by atoms with van der Waals surface area (Å²) < 4.78 is 5.31. The monoisotopic (exact) mass is 359 g/mol. The summed E-state index contributed by atoms with van der Waals surface area (Å²) in [5, 5.41) is 6.42. The first-order valence-corrected chi connectivity index (χ1v) is 9.15. The molecule has 0 radical (unpaired) electrons. The molecule has 0 aliphatic heterocycles. The van der Waals surface area contributed by atoms with Gasteiger partial charge in [0.05, 0.1) is 18.0 Å². The molecule has 0 bridgehead atoms. The number of hydrogen-bond donors (Lipinski definition) is 1. The number of carbonyl (C=O) groups is 1. The van der Waals surface area contributed by atoms with Crippen LogP contribution < -0.4 is 10.1 Å². The fourth-order valence-corrected chi connectivity index (χ4v) is 3.93. The van der Waals surface area contributed by atoms with Gasteiger partial charge >= 0.3 is 0 Å². The molecule has 3 rings (SSSR count). The Bertz CT molecular complexity index is 879. The van der Waals surface area contributed by atoms with Crippen molar-refractivity contribution in [3.63, 3.8) is 0 Å². The zero-order valence-corrected chi connectivity index (χ0v) is 15.2. The van der Waals surface area contributed by atoms with Gasteiger partial charge in [0.2, 0.25) is 5.91 Å². The number of nitrogens with one attached hydrogen (secondary N) is 1. The minimum atomic E-state index is -0.298. The second-order valence-electron chi connectivity index (χ2n) is 5.27. The lowest BCUT2D eigenvalue weighted by Crippen LogP contribution is -2.22. The highest BCUT2D eigenvalue weighted by Crippen LogP contribution is 2.31. The van der Waals surface area contributed by atoms with E-state index in [0.717, 1.165) is 20.8 Å². The second kappa shape index (κ2) is 7.19. The van der Waals surface area contributed by atoms with Crippen molar-refractivity contribution in [3.05, 3.63) is 41.5 Å². The Kier molecular flexibility index (Phi) is 5.01. The largest absolute Gasteiger partial charge is 0.495 e.